The number of anilines is 1. The molecule has 1 aliphatic rings. The molecule has 0 saturated heterocycles. The van der Waals surface area contributed by atoms with Gasteiger partial charge in [-0.3, -0.25) is 4.79 Å². The van der Waals surface area contributed by atoms with Gasteiger partial charge < -0.3 is 10.1 Å². The first-order valence-corrected chi connectivity index (χ1v) is 8.38. The van der Waals surface area contributed by atoms with Crippen LogP contribution in [0.3, 0.4) is 0 Å². The summed E-state index contributed by atoms with van der Waals surface area (Å²) >= 11 is 0. The average molecular weight is 346 g/mol. The van der Waals surface area contributed by atoms with Gasteiger partial charge in [-0.2, -0.15) is 8.78 Å². The highest BCUT2D eigenvalue weighted by atomic mass is 19.3. The van der Waals surface area contributed by atoms with E-state index in [0.717, 1.165) is 19.0 Å². The van der Waals surface area contributed by atoms with Crippen molar-refractivity contribution in [2.45, 2.75) is 45.1 Å². The van der Waals surface area contributed by atoms with Crippen molar-refractivity contribution in [1.29, 1.82) is 0 Å². The molecule has 4 nitrogen and oxygen atoms in total. The van der Waals surface area contributed by atoms with Gasteiger partial charge in [-0.05, 0) is 60.6 Å². The van der Waals surface area contributed by atoms with Gasteiger partial charge in [0, 0.05) is 5.69 Å². The number of hydrogen-bond acceptors (Lipinski definition) is 3. The number of halogens is 2. The van der Waals surface area contributed by atoms with Crippen LogP contribution < -0.4 is 10.1 Å². The average Bonchev–Trinajstić information content (AvgIpc) is 2.77. The number of aryl methyl sites for hydroxylation is 1. The number of carbonyl (C=O) groups excluding carboxylic acids is 1. The number of pyridine rings is 1. The van der Waals surface area contributed by atoms with Gasteiger partial charge in [-0.15, -0.1) is 0 Å². The number of benzene rings is 1. The maximum absolute atomic E-state index is 12.3. The highest BCUT2D eigenvalue weighted by Crippen LogP contribution is 2.32. The Balaban J connectivity index is 1.72. The summed E-state index contributed by atoms with van der Waals surface area (Å²) in [5, 5.41) is 2.82. The molecule has 0 bridgehead atoms. The molecule has 25 heavy (non-hydrogen) atoms. The summed E-state index contributed by atoms with van der Waals surface area (Å²) in [5.74, 6) is 0.00786. The number of fused-ring (bicyclic) bond motifs is 1. The number of rotatable bonds is 4. The lowest BCUT2D eigenvalue weighted by Gasteiger charge is -2.15. The molecule has 0 unspecified atom stereocenters. The molecule has 6 heteroatoms. The number of hydrogen-bond donors (Lipinski definition) is 1. The summed E-state index contributed by atoms with van der Waals surface area (Å²) < 4.78 is 28.5. The molecule has 0 spiro atoms. The topological polar surface area (TPSA) is 51.2 Å². The zero-order valence-electron chi connectivity index (χ0n) is 14.0. The standard InChI is InChI=1S/C19H20F2N2O2/c1-12-4-2-3-5-13-6-7-14(10-16(12)13)23-18(24)17-9-8-15(11-22-17)25-19(20)21/h6-12,19H,2-5H2,1H3,(H,23,24)/t12-/m0/s1. The fourth-order valence-electron chi connectivity index (χ4n) is 3.16. The summed E-state index contributed by atoms with van der Waals surface area (Å²) in [6, 6.07) is 8.65. The van der Waals surface area contributed by atoms with Crippen LogP contribution in [-0.2, 0) is 6.42 Å². The third-order valence-electron chi connectivity index (χ3n) is 4.46. The van der Waals surface area contributed by atoms with Crippen molar-refractivity contribution in [3.8, 4) is 5.75 Å². The van der Waals surface area contributed by atoms with E-state index in [1.165, 1.54) is 36.1 Å². The second-order valence-corrected chi connectivity index (χ2v) is 6.27. The largest absolute Gasteiger partial charge is 0.433 e. The zero-order valence-corrected chi connectivity index (χ0v) is 14.0. The molecule has 0 aliphatic heterocycles. The number of ether oxygens (including phenoxy) is 1. The van der Waals surface area contributed by atoms with Crippen molar-refractivity contribution in [2.75, 3.05) is 5.32 Å². The van der Waals surface area contributed by atoms with Crippen LogP contribution in [0.4, 0.5) is 14.5 Å². The van der Waals surface area contributed by atoms with Gasteiger partial charge in [0.1, 0.15) is 11.4 Å². The van der Waals surface area contributed by atoms with Crippen molar-refractivity contribution in [2.24, 2.45) is 0 Å². The van der Waals surface area contributed by atoms with Gasteiger partial charge in [0.25, 0.3) is 5.91 Å². The van der Waals surface area contributed by atoms with Gasteiger partial charge in [0.05, 0.1) is 6.20 Å². The van der Waals surface area contributed by atoms with Crippen LogP contribution >= 0.6 is 0 Å². The van der Waals surface area contributed by atoms with E-state index < -0.39 is 6.61 Å². The number of alkyl halides is 2. The van der Waals surface area contributed by atoms with Gasteiger partial charge in [0.2, 0.25) is 0 Å². The lowest BCUT2D eigenvalue weighted by atomic mass is 9.94. The van der Waals surface area contributed by atoms with Gasteiger partial charge in [-0.25, -0.2) is 4.98 Å². The zero-order chi connectivity index (χ0) is 17.8. The van der Waals surface area contributed by atoms with Crippen LogP contribution in [0.15, 0.2) is 36.5 Å². The first-order valence-electron chi connectivity index (χ1n) is 8.38. The molecule has 1 atom stereocenters. The van der Waals surface area contributed by atoms with Crippen LogP contribution in [0.25, 0.3) is 0 Å². The Hall–Kier alpha value is -2.50. The minimum atomic E-state index is -2.91. The van der Waals surface area contributed by atoms with Crippen LogP contribution in [-0.4, -0.2) is 17.5 Å². The number of aromatic nitrogens is 1. The quantitative estimate of drug-likeness (QED) is 0.812. The maximum atomic E-state index is 12.3. The van der Waals surface area contributed by atoms with Crippen molar-refractivity contribution in [1.82, 2.24) is 4.98 Å². The van der Waals surface area contributed by atoms with Crippen molar-refractivity contribution in [3.05, 3.63) is 53.3 Å². The van der Waals surface area contributed by atoms with E-state index in [1.54, 1.807) is 0 Å². The number of carbonyl (C=O) groups is 1. The van der Waals surface area contributed by atoms with E-state index in [0.29, 0.717) is 11.6 Å². The Morgan fingerprint density at radius 1 is 1.28 bits per heavy atom. The third kappa shape index (κ3) is 4.32. The molecule has 1 aliphatic carbocycles. The van der Waals surface area contributed by atoms with E-state index in [-0.39, 0.29) is 17.4 Å². The smallest absolute Gasteiger partial charge is 0.387 e. The molecular weight excluding hydrogens is 326 g/mol. The number of nitrogens with zero attached hydrogens (tertiary/aromatic N) is 1. The predicted molar refractivity (Wildman–Crippen MR) is 91.2 cm³/mol. The summed E-state index contributed by atoms with van der Waals surface area (Å²) in [6.07, 6.45) is 5.74. The maximum Gasteiger partial charge on any atom is 0.387 e. The van der Waals surface area contributed by atoms with Gasteiger partial charge in [0.15, 0.2) is 0 Å². The van der Waals surface area contributed by atoms with Gasteiger partial charge in [-0.1, -0.05) is 19.4 Å². The molecule has 1 N–H and O–H groups in total. The fourth-order valence-corrected chi connectivity index (χ4v) is 3.16. The predicted octanol–water partition coefficient (Wildman–Crippen LogP) is 4.77. The van der Waals surface area contributed by atoms with Crippen molar-refractivity contribution < 1.29 is 18.3 Å². The Labute approximate surface area is 145 Å². The summed E-state index contributed by atoms with van der Waals surface area (Å²) in [6.45, 7) is -0.706. The lowest BCUT2D eigenvalue weighted by Crippen LogP contribution is -2.14. The minimum Gasteiger partial charge on any atom is -0.433 e. The molecule has 1 amide bonds. The fraction of sp³-hybridized carbons (Fsp3) is 0.368. The highest BCUT2D eigenvalue weighted by molar-refractivity contribution is 6.02. The van der Waals surface area contributed by atoms with Crippen LogP contribution in [0.2, 0.25) is 0 Å². The second-order valence-electron chi connectivity index (χ2n) is 6.27. The van der Waals surface area contributed by atoms with E-state index in [1.807, 2.05) is 12.1 Å². The van der Waals surface area contributed by atoms with Crippen molar-refractivity contribution in [3.63, 3.8) is 0 Å². The summed E-state index contributed by atoms with van der Waals surface area (Å²) in [4.78, 5) is 16.2. The Bertz CT molecular complexity index is 748. The van der Waals surface area contributed by atoms with Crippen molar-refractivity contribution >= 4 is 11.6 Å². The Morgan fingerprint density at radius 3 is 2.84 bits per heavy atom. The second kappa shape index (κ2) is 7.59. The van der Waals surface area contributed by atoms with Crippen LogP contribution in [0.5, 0.6) is 5.75 Å². The highest BCUT2D eigenvalue weighted by Gasteiger charge is 2.16. The first-order chi connectivity index (χ1) is 12.0. The number of nitrogens with one attached hydrogen (secondary N) is 1. The molecule has 1 aromatic heterocycles. The first kappa shape index (κ1) is 17.3. The van der Waals surface area contributed by atoms with E-state index in [2.05, 4.69) is 28.0 Å². The molecule has 132 valence electrons. The summed E-state index contributed by atoms with van der Waals surface area (Å²) in [5.41, 5.74) is 3.48. The number of amides is 1. The lowest BCUT2D eigenvalue weighted by molar-refractivity contribution is -0.0500. The third-order valence-corrected chi connectivity index (χ3v) is 4.46. The SMILES string of the molecule is C[C@H]1CCCCc2ccc(NC(=O)c3ccc(OC(F)F)cn3)cc21. The molecule has 3 rings (SSSR count). The molecule has 0 radical (unpaired) electrons. The minimum absolute atomic E-state index is 0.0783. The van der Waals surface area contributed by atoms with E-state index in [4.69, 9.17) is 0 Å². The Kier molecular flexibility index (Phi) is 5.26. The van der Waals surface area contributed by atoms with E-state index >= 15 is 0 Å². The monoisotopic (exact) mass is 346 g/mol. The molecule has 0 fully saturated rings. The van der Waals surface area contributed by atoms with Gasteiger partial charge >= 0.3 is 6.61 Å². The van der Waals surface area contributed by atoms with E-state index in [9.17, 15) is 13.6 Å². The van der Waals surface area contributed by atoms with Crippen LogP contribution in [0.1, 0.15) is 53.7 Å². The Morgan fingerprint density at radius 2 is 2.12 bits per heavy atom. The van der Waals surface area contributed by atoms with Crippen LogP contribution in [0, 0.1) is 0 Å². The molecule has 2 aromatic rings. The molecule has 1 aromatic carbocycles. The molecule has 0 saturated carbocycles. The normalized spacial score (nSPS) is 16.9. The molecule has 1 heterocycles. The summed E-state index contributed by atoms with van der Waals surface area (Å²) in [7, 11) is 0. The molecular formula is C19H20F2N2O2.